The first-order chi connectivity index (χ1) is 7.29. The summed E-state index contributed by atoms with van der Waals surface area (Å²) >= 11 is 0. The molecule has 0 bridgehead atoms. The molecule has 15 heavy (non-hydrogen) atoms. The summed E-state index contributed by atoms with van der Waals surface area (Å²) in [6.45, 7) is 3.08. The van der Waals surface area contributed by atoms with Gasteiger partial charge in [0.2, 0.25) is 0 Å². The minimum atomic E-state index is 0.694. The van der Waals surface area contributed by atoms with Crippen LogP contribution in [0.25, 0.3) is 0 Å². The van der Waals surface area contributed by atoms with E-state index in [4.69, 9.17) is 4.74 Å². The molecule has 0 spiro atoms. The fourth-order valence-corrected chi connectivity index (χ4v) is 1.83. The molecule has 0 radical (unpaired) electrons. The topological polar surface area (TPSA) is 26.3 Å². The van der Waals surface area contributed by atoms with Gasteiger partial charge >= 0.3 is 0 Å². The molecule has 1 aliphatic rings. The van der Waals surface area contributed by atoms with Crippen molar-refractivity contribution in [3.63, 3.8) is 0 Å². The molecule has 2 nitrogen and oxygen atoms in total. The summed E-state index contributed by atoms with van der Waals surface area (Å²) in [7, 11) is 0. The number of carbonyl (C=O) groups excluding carboxylic acids is 1. The fraction of sp³-hybridized carbons (Fsp3) is 0.462. The van der Waals surface area contributed by atoms with E-state index in [2.05, 4.69) is 6.92 Å². The van der Waals surface area contributed by atoms with Gasteiger partial charge < -0.3 is 4.74 Å². The van der Waals surface area contributed by atoms with Gasteiger partial charge in [-0.15, -0.1) is 0 Å². The van der Waals surface area contributed by atoms with Gasteiger partial charge in [0, 0.05) is 5.56 Å². The summed E-state index contributed by atoms with van der Waals surface area (Å²) in [5.74, 6) is 2.38. The van der Waals surface area contributed by atoms with Crippen molar-refractivity contribution in [2.75, 3.05) is 6.61 Å². The molecule has 0 aliphatic heterocycles. The lowest BCUT2D eigenvalue weighted by molar-refractivity contribution is 0.112. The number of aldehydes is 1. The van der Waals surface area contributed by atoms with Crippen LogP contribution in [0.15, 0.2) is 24.3 Å². The van der Waals surface area contributed by atoms with E-state index in [-0.39, 0.29) is 0 Å². The second kappa shape index (κ2) is 4.47. The summed E-state index contributed by atoms with van der Waals surface area (Å²) < 4.78 is 5.66. The van der Waals surface area contributed by atoms with E-state index in [1.165, 1.54) is 12.8 Å². The van der Waals surface area contributed by atoms with Gasteiger partial charge in [-0.25, -0.2) is 0 Å². The Kier molecular flexibility index (Phi) is 3.05. The Labute approximate surface area is 90.3 Å². The highest BCUT2D eigenvalue weighted by Gasteiger charge is 2.26. The van der Waals surface area contributed by atoms with Crippen LogP contribution >= 0.6 is 0 Å². The van der Waals surface area contributed by atoms with Crippen LogP contribution in [-0.4, -0.2) is 12.9 Å². The van der Waals surface area contributed by atoms with E-state index in [1.807, 2.05) is 12.1 Å². The van der Waals surface area contributed by atoms with E-state index in [0.717, 1.165) is 30.5 Å². The number of rotatable bonds is 4. The predicted octanol–water partition coefficient (Wildman–Crippen LogP) is 2.92. The van der Waals surface area contributed by atoms with Crippen LogP contribution in [-0.2, 0) is 0 Å². The van der Waals surface area contributed by atoms with Crippen molar-refractivity contribution in [2.24, 2.45) is 11.8 Å². The highest BCUT2D eigenvalue weighted by molar-refractivity contribution is 5.74. The number of benzene rings is 1. The fourth-order valence-electron chi connectivity index (χ4n) is 1.83. The minimum Gasteiger partial charge on any atom is -0.493 e. The Hall–Kier alpha value is -1.31. The van der Waals surface area contributed by atoms with Crippen molar-refractivity contribution < 1.29 is 9.53 Å². The van der Waals surface area contributed by atoms with Crippen LogP contribution in [0.1, 0.15) is 30.1 Å². The Morgan fingerprint density at radius 2 is 2.07 bits per heavy atom. The monoisotopic (exact) mass is 204 g/mol. The Morgan fingerprint density at radius 3 is 2.53 bits per heavy atom. The zero-order valence-corrected chi connectivity index (χ0v) is 8.98. The Morgan fingerprint density at radius 1 is 1.33 bits per heavy atom. The van der Waals surface area contributed by atoms with Crippen molar-refractivity contribution in [1.82, 2.24) is 0 Å². The lowest BCUT2D eigenvalue weighted by Crippen LogP contribution is -2.28. The summed E-state index contributed by atoms with van der Waals surface area (Å²) in [4.78, 5) is 10.4. The molecule has 0 aromatic heterocycles. The molecule has 0 saturated heterocycles. The molecule has 1 fully saturated rings. The quantitative estimate of drug-likeness (QED) is 0.705. The summed E-state index contributed by atoms with van der Waals surface area (Å²) in [6.07, 6.45) is 3.46. The molecule has 80 valence electrons. The third-order valence-corrected chi connectivity index (χ3v) is 3.28. The highest BCUT2D eigenvalue weighted by Crippen LogP contribution is 2.33. The zero-order valence-electron chi connectivity index (χ0n) is 8.98. The van der Waals surface area contributed by atoms with Crippen molar-refractivity contribution in [3.8, 4) is 5.75 Å². The number of hydrogen-bond donors (Lipinski definition) is 0. The Balaban J connectivity index is 1.85. The van der Waals surface area contributed by atoms with Crippen LogP contribution in [0.4, 0.5) is 0 Å². The molecule has 2 heteroatoms. The van der Waals surface area contributed by atoms with Crippen molar-refractivity contribution in [1.29, 1.82) is 0 Å². The molecule has 0 amide bonds. The van der Waals surface area contributed by atoms with Crippen LogP contribution < -0.4 is 4.74 Å². The third-order valence-electron chi connectivity index (χ3n) is 3.28. The van der Waals surface area contributed by atoms with Gasteiger partial charge in [-0.1, -0.05) is 6.92 Å². The standard InChI is InChI=1S/C13H16O2/c1-10-2-5-12(10)9-15-13-6-3-11(8-14)4-7-13/h3-4,6-8,10,12H,2,5,9H2,1H3. The van der Waals surface area contributed by atoms with E-state index in [9.17, 15) is 4.79 Å². The van der Waals surface area contributed by atoms with Crippen LogP contribution in [0.2, 0.25) is 0 Å². The lowest BCUT2D eigenvalue weighted by atomic mass is 9.75. The number of hydrogen-bond acceptors (Lipinski definition) is 2. The molecule has 0 heterocycles. The molecular formula is C13H16O2. The maximum absolute atomic E-state index is 10.4. The molecule has 2 atom stereocenters. The molecule has 2 rings (SSSR count). The van der Waals surface area contributed by atoms with E-state index < -0.39 is 0 Å². The molecule has 1 aromatic rings. The SMILES string of the molecule is CC1CCC1COc1ccc(C=O)cc1. The largest absolute Gasteiger partial charge is 0.493 e. The predicted molar refractivity (Wildman–Crippen MR) is 59.2 cm³/mol. The minimum absolute atomic E-state index is 0.694. The molecule has 0 N–H and O–H groups in total. The maximum Gasteiger partial charge on any atom is 0.150 e. The Bertz CT molecular complexity index is 329. The van der Waals surface area contributed by atoms with Gasteiger partial charge in [-0.3, -0.25) is 4.79 Å². The van der Waals surface area contributed by atoms with E-state index in [0.29, 0.717) is 5.56 Å². The van der Waals surface area contributed by atoms with Crippen LogP contribution in [0, 0.1) is 11.8 Å². The van der Waals surface area contributed by atoms with Gasteiger partial charge in [0.1, 0.15) is 12.0 Å². The van der Waals surface area contributed by atoms with Gasteiger partial charge in [-0.05, 0) is 48.9 Å². The molecule has 1 saturated carbocycles. The molecule has 1 aromatic carbocycles. The van der Waals surface area contributed by atoms with Gasteiger partial charge in [0.05, 0.1) is 6.61 Å². The van der Waals surface area contributed by atoms with Gasteiger partial charge in [-0.2, -0.15) is 0 Å². The highest BCUT2D eigenvalue weighted by atomic mass is 16.5. The van der Waals surface area contributed by atoms with E-state index in [1.54, 1.807) is 12.1 Å². The first-order valence-corrected chi connectivity index (χ1v) is 5.47. The third kappa shape index (κ3) is 2.38. The summed E-state index contributed by atoms with van der Waals surface area (Å²) in [5.41, 5.74) is 0.694. The first-order valence-electron chi connectivity index (χ1n) is 5.47. The second-order valence-corrected chi connectivity index (χ2v) is 4.31. The second-order valence-electron chi connectivity index (χ2n) is 4.31. The number of ether oxygens (including phenoxy) is 1. The van der Waals surface area contributed by atoms with Gasteiger partial charge in [0.15, 0.2) is 0 Å². The average molecular weight is 204 g/mol. The summed E-state index contributed by atoms with van der Waals surface area (Å²) in [6, 6.07) is 7.28. The van der Waals surface area contributed by atoms with Crippen LogP contribution in [0.3, 0.4) is 0 Å². The van der Waals surface area contributed by atoms with Crippen molar-refractivity contribution in [2.45, 2.75) is 19.8 Å². The lowest BCUT2D eigenvalue weighted by Gasteiger charge is -2.33. The smallest absolute Gasteiger partial charge is 0.150 e. The summed E-state index contributed by atoms with van der Waals surface area (Å²) in [5, 5.41) is 0. The van der Waals surface area contributed by atoms with Crippen molar-refractivity contribution >= 4 is 6.29 Å². The molecule has 2 unspecified atom stereocenters. The average Bonchev–Trinajstić information content (AvgIpc) is 2.28. The van der Waals surface area contributed by atoms with Gasteiger partial charge in [0.25, 0.3) is 0 Å². The van der Waals surface area contributed by atoms with E-state index >= 15 is 0 Å². The van der Waals surface area contributed by atoms with Crippen LogP contribution in [0.5, 0.6) is 5.75 Å². The zero-order chi connectivity index (χ0) is 10.7. The maximum atomic E-state index is 10.4. The first kappa shape index (κ1) is 10.2. The number of carbonyl (C=O) groups is 1. The normalized spacial score (nSPS) is 24.3. The molecule has 1 aliphatic carbocycles. The molecular weight excluding hydrogens is 188 g/mol. The van der Waals surface area contributed by atoms with Crippen molar-refractivity contribution in [3.05, 3.63) is 29.8 Å².